The van der Waals surface area contributed by atoms with Gasteiger partial charge in [0.1, 0.15) is 0 Å². The summed E-state index contributed by atoms with van der Waals surface area (Å²) in [6, 6.07) is 11.3. The zero-order valence-electron chi connectivity index (χ0n) is 16.1. The molecule has 0 spiro atoms. The van der Waals surface area contributed by atoms with E-state index in [1.54, 1.807) is 0 Å². The second-order valence-corrected chi connectivity index (χ2v) is 6.14. The highest BCUT2D eigenvalue weighted by atomic mass is 16.6. The van der Waals surface area contributed by atoms with E-state index < -0.39 is 9.85 Å². The van der Waals surface area contributed by atoms with Gasteiger partial charge in [0, 0.05) is 37.1 Å². The predicted octanol–water partition coefficient (Wildman–Crippen LogP) is 2.27. The Morgan fingerprint density at radius 1 is 0.742 bits per heavy atom. The number of nitro groups is 2. The second kappa shape index (κ2) is 11.5. The Morgan fingerprint density at radius 3 is 1.42 bits per heavy atom. The van der Waals surface area contributed by atoms with E-state index in [0.29, 0.717) is 11.1 Å². The normalized spacial score (nSPS) is 10.8. The zero-order valence-corrected chi connectivity index (χ0v) is 16.1. The van der Waals surface area contributed by atoms with Gasteiger partial charge in [-0.25, -0.2) is 10.9 Å². The minimum atomic E-state index is -0.514. The van der Waals surface area contributed by atoms with Crippen LogP contribution in [0.1, 0.15) is 30.4 Å². The van der Waals surface area contributed by atoms with Gasteiger partial charge in [0.05, 0.1) is 22.3 Å². The van der Waals surface area contributed by atoms with E-state index in [4.69, 9.17) is 0 Å². The highest BCUT2D eigenvalue weighted by molar-refractivity contribution is 5.84. The van der Waals surface area contributed by atoms with Crippen LogP contribution >= 0.6 is 0 Å². The predicted molar refractivity (Wildman–Crippen MR) is 112 cm³/mol. The van der Waals surface area contributed by atoms with E-state index in [9.17, 15) is 29.8 Å². The molecule has 0 bridgehead atoms. The third-order valence-electron chi connectivity index (χ3n) is 3.82. The lowest BCUT2D eigenvalue weighted by Gasteiger charge is -2.00. The summed E-state index contributed by atoms with van der Waals surface area (Å²) in [7, 11) is 0. The first-order valence-corrected chi connectivity index (χ1v) is 8.98. The first kappa shape index (κ1) is 22.8. The summed E-state index contributed by atoms with van der Waals surface area (Å²) in [5.41, 5.74) is 5.68. The summed E-state index contributed by atoms with van der Waals surface area (Å²) in [4.78, 5) is 43.5. The maximum Gasteiger partial charge on any atom is 0.269 e. The number of amides is 2. The summed E-state index contributed by atoms with van der Waals surface area (Å²) >= 11 is 0. The van der Waals surface area contributed by atoms with Crippen molar-refractivity contribution in [2.75, 3.05) is 0 Å². The molecule has 0 fully saturated rings. The lowest BCUT2D eigenvalue weighted by molar-refractivity contribution is -0.385. The zero-order chi connectivity index (χ0) is 22.6. The van der Waals surface area contributed by atoms with E-state index in [-0.39, 0.29) is 42.5 Å². The first-order valence-electron chi connectivity index (χ1n) is 8.98. The largest absolute Gasteiger partial charge is 0.273 e. The minimum Gasteiger partial charge on any atom is -0.273 e. The Morgan fingerprint density at radius 2 is 1.10 bits per heavy atom. The third kappa shape index (κ3) is 8.19. The summed E-state index contributed by atoms with van der Waals surface area (Å²) in [6.07, 6.45) is 3.11. The molecule has 0 aromatic heterocycles. The molecule has 2 amide bonds. The van der Waals surface area contributed by atoms with Crippen LogP contribution in [-0.4, -0.2) is 34.1 Å². The molecule has 0 saturated heterocycles. The Balaban J connectivity index is 1.65. The Hall–Kier alpha value is -4.48. The number of carbonyl (C=O) groups excluding carboxylic acids is 2. The fourth-order valence-corrected chi connectivity index (χ4v) is 2.24. The van der Waals surface area contributed by atoms with Crippen LogP contribution < -0.4 is 10.9 Å². The van der Waals surface area contributed by atoms with Crippen LogP contribution in [0, 0.1) is 20.2 Å². The van der Waals surface area contributed by atoms with Gasteiger partial charge in [0.2, 0.25) is 11.8 Å². The van der Waals surface area contributed by atoms with Gasteiger partial charge in [-0.1, -0.05) is 0 Å². The van der Waals surface area contributed by atoms with Crippen LogP contribution in [0.4, 0.5) is 11.4 Å². The van der Waals surface area contributed by atoms with Gasteiger partial charge in [-0.2, -0.15) is 10.2 Å². The van der Waals surface area contributed by atoms with E-state index in [0.717, 1.165) is 0 Å². The Labute approximate surface area is 176 Å². The Kier molecular flexibility index (Phi) is 8.46. The summed E-state index contributed by atoms with van der Waals surface area (Å²) in [5.74, 6) is -0.777. The molecule has 31 heavy (non-hydrogen) atoms. The number of nitro benzene ring substituents is 2. The molecule has 12 heteroatoms. The molecule has 0 atom stereocenters. The van der Waals surface area contributed by atoms with Crippen LogP contribution in [-0.2, 0) is 9.59 Å². The third-order valence-corrected chi connectivity index (χ3v) is 3.82. The van der Waals surface area contributed by atoms with E-state index in [1.807, 2.05) is 0 Å². The topological polar surface area (TPSA) is 169 Å². The highest BCUT2D eigenvalue weighted by Crippen LogP contribution is 2.11. The van der Waals surface area contributed by atoms with Gasteiger partial charge in [-0.05, 0) is 41.8 Å². The maximum atomic E-state index is 11.7. The average Bonchev–Trinajstić information content (AvgIpc) is 2.74. The van der Waals surface area contributed by atoms with Crippen molar-refractivity contribution in [1.82, 2.24) is 10.9 Å². The quantitative estimate of drug-likeness (QED) is 0.335. The lowest BCUT2D eigenvalue weighted by Crippen LogP contribution is -2.20. The van der Waals surface area contributed by atoms with E-state index in [2.05, 4.69) is 21.1 Å². The smallest absolute Gasteiger partial charge is 0.269 e. The maximum absolute atomic E-state index is 11.7. The molecular weight excluding hydrogens is 408 g/mol. The number of benzene rings is 2. The van der Waals surface area contributed by atoms with Crippen LogP contribution in [0.2, 0.25) is 0 Å². The Bertz CT molecular complexity index is 920. The fraction of sp³-hybridized carbons (Fsp3) is 0.158. The number of rotatable bonds is 10. The highest BCUT2D eigenvalue weighted by Gasteiger charge is 2.05. The number of hydrogen-bond acceptors (Lipinski definition) is 8. The van der Waals surface area contributed by atoms with Crippen molar-refractivity contribution in [3.05, 3.63) is 79.9 Å². The van der Waals surface area contributed by atoms with Crippen molar-refractivity contribution in [2.24, 2.45) is 10.2 Å². The van der Waals surface area contributed by atoms with Crippen molar-refractivity contribution in [3.63, 3.8) is 0 Å². The SMILES string of the molecule is O=C(CCCC(=O)N/N=C\c1ccc([N+](=O)[O-])cc1)N/N=C\c1ccc([N+](=O)[O-])cc1. The second-order valence-electron chi connectivity index (χ2n) is 6.14. The molecule has 2 aromatic carbocycles. The number of carbonyl (C=O) groups is 2. The molecule has 12 nitrogen and oxygen atoms in total. The van der Waals surface area contributed by atoms with Crippen molar-refractivity contribution in [2.45, 2.75) is 19.3 Å². The first-order chi connectivity index (χ1) is 14.8. The van der Waals surface area contributed by atoms with Crippen molar-refractivity contribution in [3.8, 4) is 0 Å². The molecule has 0 aliphatic heterocycles. The number of hydrogen-bond donors (Lipinski definition) is 2. The molecule has 0 aliphatic carbocycles. The molecular formula is C19H18N6O6. The monoisotopic (exact) mass is 426 g/mol. The fourth-order valence-electron chi connectivity index (χ4n) is 2.24. The van der Waals surface area contributed by atoms with Gasteiger partial charge in [-0.15, -0.1) is 0 Å². The molecule has 2 rings (SSSR count). The van der Waals surface area contributed by atoms with Crippen LogP contribution in [0.5, 0.6) is 0 Å². The molecule has 0 radical (unpaired) electrons. The van der Waals surface area contributed by atoms with Crippen LogP contribution in [0.25, 0.3) is 0 Å². The minimum absolute atomic E-state index is 0.0449. The van der Waals surface area contributed by atoms with E-state index >= 15 is 0 Å². The lowest BCUT2D eigenvalue weighted by atomic mass is 10.2. The van der Waals surface area contributed by atoms with Gasteiger partial charge >= 0.3 is 0 Å². The van der Waals surface area contributed by atoms with Gasteiger partial charge < -0.3 is 0 Å². The molecule has 0 unspecified atom stereocenters. The number of non-ortho nitro benzene ring substituents is 2. The summed E-state index contributed by atoms with van der Waals surface area (Å²) < 4.78 is 0. The van der Waals surface area contributed by atoms with Gasteiger partial charge in [-0.3, -0.25) is 29.8 Å². The van der Waals surface area contributed by atoms with Crippen molar-refractivity contribution in [1.29, 1.82) is 0 Å². The number of nitrogens with one attached hydrogen (secondary N) is 2. The number of hydrazone groups is 2. The molecule has 2 N–H and O–H groups in total. The summed E-state index contributed by atoms with van der Waals surface area (Å²) in [6.45, 7) is 0. The average molecular weight is 426 g/mol. The standard InChI is InChI=1S/C19H18N6O6/c26-18(22-20-12-14-4-8-16(9-5-14)24(28)29)2-1-3-19(27)23-21-13-15-6-10-17(11-7-15)25(30)31/h4-13H,1-3H2,(H,22,26)(H,23,27)/b20-12-,21-13-. The molecule has 0 aliphatic rings. The summed E-state index contributed by atoms with van der Waals surface area (Å²) in [5, 5.41) is 28.7. The van der Waals surface area contributed by atoms with Crippen LogP contribution in [0.3, 0.4) is 0 Å². The molecule has 2 aromatic rings. The van der Waals surface area contributed by atoms with Gasteiger partial charge in [0.25, 0.3) is 11.4 Å². The number of nitrogens with zero attached hydrogens (tertiary/aromatic N) is 4. The molecule has 160 valence electrons. The van der Waals surface area contributed by atoms with Crippen molar-refractivity contribution >= 4 is 35.6 Å². The molecule has 0 heterocycles. The van der Waals surface area contributed by atoms with Crippen molar-refractivity contribution < 1.29 is 19.4 Å². The molecule has 0 saturated carbocycles. The van der Waals surface area contributed by atoms with Crippen LogP contribution in [0.15, 0.2) is 58.7 Å². The van der Waals surface area contributed by atoms with E-state index in [1.165, 1.54) is 61.0 Å². The van der Waals surface area contributed by atoms with Gasteiger partial charge in [0.15, 0.2) is 0 Å².